The predicted molar refractivity (Wildman–Crippen MR) is 170 cm³/mol. The minimum Gasteiger partial charge on any atom is -0.497 e. The van der Waals surface area contributed by atoms with E-state index in [0.717, 1.165) is 11.1 Å². The largest absolute Gasteiger partial charge is 0.497 e. The maximum atomic E-state index is 13.4. The van der Waals surface area contributed by atoms with Gasteiger partial charge in [0.05, 0.1) is 31.4 Å². The Bertz CT molecular complexity index is 1820. The van der Waals surface area contributed by atoms with E-state index in [1.165, 1.54) is 23.0 Å². The van der Waals surface area contributed by atoms with Crippen LogP contribution in [0.3, 0.4) is 0 Å². The summed E-state index contributed by atoms with van der Waals surface area (Å²) in [7, 11) is 5.08. The molecule has 0 radical (unpaired) electrons. The lowest BCUT2D eigenvalue weighted by atomic mass is 10.1. The highest BCUT2D eigenvalue weighted by molar-refractivity contribution is 6.30. The Labute approximate surface area is 264 Å². The summed E-state index contributed by atoms with van der Waals surface area (Å²) >= 11 is 6.43. The third-order valence-electron chi connectivity index (χ3n) is 7.17. The molecule has 0 aliphatic rings. The molecule has 232 valence electrons. The van der Waals surface area contributed by atoms with Gasteiger partial charge >= 0.3 is 6.03 Å². The first-order valence-corrected chi connectivity index (χ1v) is 14.3. The number of amides is 1. The minimum absolute atomic E-state index is 0.0213. The Morgan fingerprint density at radius 1 is 1.07 bits per heavy atom. The molecule has 0 aliphatic heterocycles. The molecule has 12 nitrogen and oxygen atoms in total. The average molecular weight is 631 g/mol. The van der Waals surface area contributed by atoms with Crippen molar-refractivity contribution in [2.24, 2.45) is 0 Å². The fraction of sp³-hybridized carbons (Fsp3) is 0.219. The Morgan fingerprint density at radius 3 is 2.60 bits per heavy atom. The second-order valence-electron chi connectivity index (χ2n) is 10.1. The molecule has 0 spiro atoms. The van der Waals surface area contributed by atoms with E-state index in [1.807, 2.05) is 60.5 Å². The van der Waals surface area contributed by atoms with E-state index in [4.69, 9.17) is 25.8 Å². The van der Waals surface area contributed by atoms with E-state index in [0.29, 0.717) is 34.8 Å². The number of ether oxygens (including phenoxy) is 3. The smallest absolute Gasteiger partial charge is 0.328 e. The van der Waals surface area contributed by atoms with Crippen molar-refractivity contribution in [1.82, 2.24) is 19.9 Å². The number of halogens is 1. The third kappa shape index (κ3) is 7.31. The number of nitro groups is 1. The summed E-state index contributed by atoms with van der Waals surface area (Å²) in [5.41, 5.74) is 3.82. The molecule has 13 heteroatoms. The summed E-state index contributed by atoms with van der Waals surface area (Å²) in [6.07, 6.45) is 0.859. The van der Waals surface area contributed by atoms with Crippen LogP contribution >= 0.6 is 11.6 Å². The Balaban J connectivity index is 1.34. The van der Waals surface area contributed by atoms with Crippen molar-refractivity contribution in [2.45, 2.75) is 19.3 Å². The third-order valence-corrected chi connectivity index (χ3v) is 7.36. The molecular weight excluding hydrogens is 600 g/mol. The van der Waals surface area contributed by atoms with Crippen LogP contribution in [0.25, 0.3) is 11.2 Å². The van der Waals surface area contributed by atoms with Crippen LogP contribution in [0.4, 0.5) is 16.2 Å². The van der Waals surface area contributed by atoms with Crippen LogP contribution in [-0.4, -0.2) is 53.3 Å². The predicted octanol–water partition coefficient (Wildman–Crippen LogP) is 6.16. The number of nitrogens with one attached hydrogen (secondary N) is 1. The molecule has 1 amide bonds. The topological polar surface area (TPSA) is 134 Å². The maximum Gasteiger partial charge on any atom is 0.328 e. The first kappa shape index (κ1) is 31.2. The Morgan fingerprint density at radius 2 is 1.87 bits per heavy atom. The van der Waals surface area contributed by atoms with E-state index in [9.17, 15) is 14.9 Å². The van der Waals surface area contributed by atoms with Gasteiger partial charge in [0.2, 0.25) is 0 Å². The van der Waals surface area contributed by atoms with Gasteiger partial charge in [-0.2, -0.15) is 0 Å². The average Bonchev–Trinajstić information content (AvgIpc) is 3.48. The zero-order chi connectivity index (χ0) is 31.9. The van der Waals surface area contributed by atoms with Crippen LogP contribution in [0, 0.1) is 10.1 Å². The molecule has 1 N–H and O–H groups in total. The van der Waals surface area contributed by atoms with Gasteiger partial charge in [-0.3, -0.25) is 10.1 Å². The lowest BCUT2D eigenvalue weighted by molar-refractivity contribution is -0.385. The van der Waals surface area contributed by atoms with Gasteiger partial charge in [-0.05, 0) is 23.3 Å². The number of carbonyl (C=O) groups excluding carboxylic acids is 1. The highest BCUT2D eigenvalue weighted by atomic mass is 35.5. The van der Waals surface area contributed by atoms with Gasteiger partial charge in [-0.15, -0.1) is 0 Å². The highest BCUT2D eigenvalue weighted by Gasteiger charge is 2.21. The van der Waals surface area contributed by atoms with Crippen molar-refractivity contribution in [3.63, 3.8) is 0 Å². The van der Waals surface area contributed by atoms with Gasteiger partial charge in [0.1, 0.15) is 34.6 Å². The molecule has 2 heterocycles. The zero-order valence-electron chi connectivity index (χ0n) is 24.8. The molecule has 45 heavy (non-hydrogen) atoms. The standard InChI is InChI=1S/C32H31ClN6O6/c1-37(18-23-12-13-25(43-2)15-27(23)44-3)26-16-29(33)36-31-30(26)35-20-38(31)32(40)34-17-28(22-9-5-4-6-10-22)45-19-21-8-7-11-24(14-21)39(41)42/h4-16,20,28H,17-19H2,1-3H3,(H,34,40)/t28-/m0/s1. The number of hydrogen-bond donors (Lipinski definition) is 1. The first-order chi connectivity index (χ1) is 21.8. The summed E-state index contributed by atoms with van der Waals surface area (Å²) in [6, 6.07) is 22.5. The summed E-state index contributed by atoms with van der Waals surface area (Å²) in [5.74, 6) is 1.35. The van der Waals surface area contributed by atoms with Crippen LogP contribution in [0.5, 0.6) is 11.5 Å². The SMILES string of the molecule is COc1ccc(CN(C)c2cc(Cl)nc3c2ncn3C(=O)NC[C@H](OCc2cccc([N+](=O)[O-])c2)c2ccccc2)c(OC)c1. The molecule has 0 unspecified atom stereocenters. The van der Waals surface area contributed by atoms with Gasteiger partial charge in [0.25, 0.3) is 5.69 Å². The lowest BCUT2D eigenvalue weighted by Crippen LogP contribution is -2.32. The minimum atomic E-state index is -0.540. The molecule has 3 aromatic carbocycles. The van der Waals surface area contributed by atoms with Crippen LogP contribution in [0.1, 0.15) is 22.8 Å². The number of rotatable bonds is 12. The number of fused-ring (bicyclic) bond motifs is 1. The molecule has 0 bridgehead atoms. The van der Waals surface area contributed by atoms with E-state index >= 15 is 0 Å². The van der Waals surface area contributed by atoms with Gasteiger partial charge < -0.3 is 24.4 Å². The molecular formula is C32H31ClN6O6. The number of carbonyl (C=O) groups is 1. The lowest BCUT2D eigenvalue weighted by Gasteiger charge is -2.22. The number of methoxy groups -OCH3 is 2. The summed E-state index contributed by atoms with van der Waals surface area (Å²) in [4.78, 5) is 35.0. The maximum absolute atomic E-state index is 13.4. The number of imidazole rings is 1. The van der Waals surface area contributed by atoms with Gasteiger partial charge in [-0.1, -0.05) is 54.1 Å². The molecule has 5 aromatic rings. The Kier molecular flexibility index (Phi) is 9.76. The number of nitrogens with zero attached hydrogens (tertiary/aromatic N) is 5. The van der Waals surface area contributed by atoms with Crippen molar-refractivity contribution < 1.29 is 23.9 Å². The van der Waals surface area contributed by atoms with Crippen molar-refractivity contribution in [1.29, 1.82) is 0 Å². The quantitative estimate of drug-likeness (QED) is 0.0976. The summed E-state index contributed by atoms with van der Waals surface area (Å²) < 4.78 is 18.3. The number of hydrogen-bond acceptors (Lipinski definition) is 9. The Hall–Kier alpha value is -5.20. The number of non-ortho nitro benzene ring substituents is 1. The van der Waals surface area contributed by atoms with E-state index < -0.39 is 17.1 Å². The van der Waals surface area contributed by atoms with Crippen molar-refractivity contribution in [2.75, 3.05) is 32.7 Å². The summed E-state index contributed by atoms with van der Waals surface area (Å²) in [6.45, 7) is 0.682. The number of nitro benzene ring substituents is 1. The molecule has 2 aromatic heterocycles. The number of aromatic nitrogens is 3. The van der Waals surface area contributed by atoms with Crippen molar-refractivity contribution >= 4 is 40.2 Å². The van der Waals surface area contributed by atoms with Crippen LogP contribution in [0.15, 0.2) is 85.2 Å². The van der Waals surface area contributed by atoms with E-state index in [1.54, 1.807) is 32.4 Å². The molecule has 0 saturated heterocycles. The number of anilines is 1. The number of pyridine rings is 1. The molecule has 0 saturated carbocycles. The number of benzene rings is 3. The molecule has 1 atom stereocenters. The van der Waals surface area contributed by atoms with E-state index in [2.05, 4.69) is 15.3 Å². The van der Waals surface area contributed by atoms with E-state index in [-0.39, 0.29) is 29.6 Å². The molecule has 0 aliphatic carbocycles. The van der Waals surface area contributed by atoms with Gasteiger partial charge in [-0.25, -0.2) is 19.3 Å². The van der Waals surface area contributed by atoms with Crippen molar-refractivity contribution in [3.8, 4) is 11.5 Å². The summed E-state index contributed by atoms with van der Waals surface area (Å²) in [5, 5.41) is 14.3. The second-order valence-corrected chi connectivity index (χ2v) is 10.5. The first-order valence-electron chi connectivity index (χ1n) is 13.9. The fourth-order valence-electron chi connectivity index (χ4n) is 4.87. The second kappa shape index (κ2) is 14.1. The molecule has 0 fully saturated rings. The normalized spacial score (nSPS) is 11.6. The zero-order valence-corrected chi connectivity index (χ0v) is 25.6. The monoisotopic (exact) mass is 630 g/mol. The van der Waals surface area contributed by atoms with Crippen LogP contribution in [0.2, 0.25) is 5.15 Å². The van der Waals surface area contributed by atoms with Gasteiger partial charge in [0.15, 0.2) is 5.65 Å². The fourth-order valence-corrected chi connectivity index (χ4v) is 5.05. The van der Waals surface area contributed by atoms with Crippen molar-refractivity contribution in [3.05, 3.63) is 117 Å². The van der Waals surface area contributed by atoms with Crippen LogP contribution < -0.4 is 19.7 Å². The van der Waals surface area contributed by atoms with Crippen LogP contribution in [-0.2, 0) is 17.9 Å². The molecule has 5 rings (SSSR count). The highest BCUT2D eigenvalue weighted by Crippen LogP contribution is 2.31. The van der Waals surface area contributed by atoms with Gasteiger partial charge in [0, 0.05) is 50.0 Å².